The molecule has 0 aromatic carbocycles. The van der Waals surface area contributed by atoms with Crippen molar-refractivity contribution in [3.8, 4) is 0 Å². The van der Waals surface area contributed by atoms with E-state index in [1.165, 1.54) is 18.1 Å². The molecule has 4 aliphatic carbocycles. The summed E-state index contributed by atoms with van der Waals surface area (Å²) in [4.78, 5) is 11.4. The number of esters is 1. The van der Waals surface area contributed by atoms with Gasteiger partial charge >= 0.3 is 5.97 Å². The Bertz CT molecular complexity index is 1240. The highest BCUT2D eigenvalue weighted by atomic mass is 16.8. The van der Waals surface area contributed by atoms with Crippen molar-refractivity contribution >= 4 is 5.97 Å². The van der Waals surface area contributed by atoms with Gasteiger partial charge in [-0.2, -0.15) is 0 Å². The van der Waals surface area contributed by atoms with Crippen LogP contribution in [0.4, 0.5) is 0 Å². The van der Waals surface area contributed by atoms with Crippen LogP contribution in [0.15, 0.2) is 23.3 Å². The van der Waals surface area contributed by atoms with Gasteiger partial charge in [-0.05, 0) is 106 Å². The van der Waals surface area contributed by atoms with Gasteiger partial charge in [-0.15, -0.1) is 0 Å². The van der Waals surface area contributed by atoms with Crippen LogP contribution in [0.1, 0.15) is 114 Å². The summed E-state index contributed by atoms with van der Waals surface area (Å²) in [7, 11) is 0. The van der Waals surface area contributed by atoms with Gasteiger partial charge in [-0.1, -0.05) is 57.9 Å². The van der Waals surface area contributed by atoms with E-state index in [0.29, 0.717) is 12.3 Å². The third-order valence-corrected chi connectivity index (χ3v) is 14.5. The Balaban J connectivity index is 1.39. The topological polar surface area (TPSA) is 146 Å². The predicted molar refractivity (Wildman–Crippen MR) is 178 cm³/mol. The molecule has 1 heterocycles. The molecule has 5 rings (SSSR count). The lowest BCUT2D eigenvalue weighted by atomic mass is 9.35. The molecule has 5 aliphatic rings. The van der Waals surface area contributed by atoms with Crippen LogP contribution >= 0.6 is 0 Å². The summed E-state index contributed by atoms with van der Waals surface area (Å²) in [6.07, 6.45) is 3.64. The highest BCUT2D eigenvalue weighted by Crippen LogP contribution is 2.76. The van der Waals surface area contributed by atoms with Crippen molar-refractivity contribution < 1.29 is 44.5 Å². The molecule has 9 heteroatoms. The van der Waals surface area contributed by atoms with Crippen molar-refractivity contribution in [3.63, 3.8) is 0 Å². The Hall–Kier alpha value is -1.33. The van der Waals surface area contributed by atoms with Crippen molar-refractivity contribution in [2.24, 2.45) is 45.3 Å². The first-order valence-corrected chi connectivity index (χ1v) is 17.9. The second kappa shape index (κ2) is 12.8. The average molecular weight is 663 g/mol. The number of allylic oxidation sites excluding steroid dienone is 4. The normalized spacial score (nSPS) is 49.4. The zero-order valence-corrected chi connectivity index (χ0v) is 30.2. The van der Waals surface area contributed by atoms with E-state index < -0.39 is 54.0 Å². The highest BCUT2D eigenvalue weighted by Gasteiger charge is 2.72. The van der Waals surface area contributed by atoms with Crippen LogP contribution in [0.5, 0.6) is 0 Å². The fraction of sp³-hybridized carbons (Fsp3) is 0.868. The highest BCUT2D eigenvalue weighted by molar-refractivity contribution is 5.65. The van der Waals surface area contributed by atoms with Gasteiger partial charge in [-0.3, -0.25) is 4.79 Å². The fourth-order valence-corrected chi connectivity index (χ4v) is 11.6. The summed E-state index contributed by atoms with van der Waals surface area (Å²) in [5.41, 5.74) is 1.78. The molecular formula is C38H62O9. The molecule has 0 aromatic heterocycles. The molecule has 14 atom stereocenters. The van der Waals surface area contributed by atoms with Crippen molar-refractivity contribution in [1.29, 1.82) is 0 Å². The second-order valence-electron chi connectivity index (χ2n) is 17.4. The maximum absolute atomic E-state index is 12.3. The van der Waals surface area contributed by atoms with Crippen molar-refractivity contribution in [2.75, 3.05) is 6.61 Å². The number of aliphatic hydroxyl groups excluding tert-OH is 4. The standard InChI is InChI=1S/C38H62O9/c1-21(2)11-10-12-22(3)24-13-15-37(9)29(24)25(40)19-28-35(7)17-18-38(44,34(5,6)27(35)14-16-36(28,37)8)47-33-32(43)31(42)30(41)26(46-33)20-45-23(4)39/h11-12,24-33,40-44H,10,13-20H2,1-9H3/b22-12+/t24-,25-,26-,27+,28-,29+,30-,31+,32-,33+,35+,36-,37-,38-/m1/s1. The smallest absolute Gasteiger partial charge is 0.302 e. The van der Waals surface area contributed by atoms with E-state index in [1.54, 1.807) is 0 Å². The summed E-state index contributed by atoms with van der Waals surface area (Å²) < 4.78 is 17.1. The second-order valence-corrected chi connectivity index (χ2v) is 17.4. The molecule has 0 aromatic rings. The van der Waals surface area contributed by atoms with Gasteiger partial charge in [0.2, 0.25) is 0 Å². The lowest BCUT2D eigenvalue weighted by Crippen LogP contribution is -2.70. The number of aliphatic hydroxyl groups is 5. The maximum atomic E-state index is 12.3. The van der Waals surface area contributed by atoms with E-state index in [9.17, 15) is 30.3 Å². The molecule has 1 aliphatic heterocycles. The minimum atomic E-state index is -1.70. The molecule has 0 spiro atoms. The van der Waals surface area contributed by atoms with Gasteiger partial charge in [0.25, 0.3) is 0 Å². The molecule has 268 valence electrons. The maximum Gasteiger partial charge on any atom is 0.302 e. The zero-order valence-electron chi connectivity index (χ0n) is 30.2. The average Bonchev–Trinajstić information content (AvgIpc) is 3.36. The van der Waals surface area contributed by atoms with E-state index in [-0.39, 0.29) is 47.0 Å². The van der Waals surface area contributed by atoms with Crippen LogP contribution in [0, 0.1) is 45.3 Å². The number of fused-ring (bicyclic) bond motifs is 5. The van der Waals surface area contributed by atoms with Crippen LogP contribution in [-0.2, 0) is 19.0 Å². The predicted octanol–water partition coefficient (Wildman–Crippen LogP) is 5.02. The van der Waals surface area contributed by atoms with Gasteiger partial charge in [0.05, 0.1) is 6.10 Å². The molecular weight excluding hydrogens is 600 g/mol. The van der Waals surface area contributed by atoms with Gasteiger partial charge in [-0.25, -0.2) is 0 Å². The van der Waals surface area contributed by atoms with E-state index in [4.69, 9.17) is 14.2 Å². The fourth-order valence-electron chi connectivity index (χ4n) is 11.6. The number of hydrogen-bond donors (Lipinski definition) is 5. The van der Waals surface area contributed by atoms with E-state index in [1.807, 2.05) is 13.8 Å². The largest absolute Gasteiger partial charge is 0.463 e. The number of carbonyl (C=O) groups is 1. The number of hydrogen-bond acceptors (Lipinski definition) is 9. The first-order valence-electron chi connectivity index (χ1n) is 17.9. The van der Waals surface area contributed by atoms with Gasteiger partial charge < -0.3 is 39.7 Å². The Morgan fingerprint density at radius 3 is 2.13 bits per heavy atom. The molecule has 9 nitrogen and oxygen atoms in total. The van der Waals surface area contributed by atoms with Crippen molar-refractivity contribution in [1.82, 2.24) is 0 Å². The van der Waals surface area contributed by atoms with Crippen LogP contribution in [0.3, 0.4) is 0 Å². The SMILES string of the molecule is CC(=O)OC[C@H]1O[C@@H](O[C@]2(O)CC[C@]3(C)[C@H]4C[C@@H](O)[C@@H]5[C@@H](/C(C)=C/CC=C(C)C)CC[C@@]5(C)[C@]4(C)CC[C@H]3C2(C)C)[C@H](O)[C@@H](O)[C@@H]1O. The number of rotatable bonds is 7. The van der Waals surface area contributed by atoms with E-state index in [0.717, 1.165) is 38.5 Å². The Morgan fingerprint density at radius 2 is 1.49 bits per heavy atom. The summed E-state index contributed by atoms with van der Waals surface area (Å²) in [6.45, 7) is 18.7. The molecule has 47 heavy (non-hydrogen) atoms. The van der Waals surface area contributed by atoms with Gasteiger partial charge in [0, 0.05) is 18.8 Å². The molecule has 0 bridgehead atoms. The number of ether oxygens (including phenoxy) is 3. The first-order chi connectivity index (χ1) is 21.7. The minimum Gasteiger partial charge on any atom is -0.463 e. The number of carbonyl (C=O) groups excluding carboxylic acids is 1. The van der Waals surface area contributed by atoms with Crippen molar-refractivity contribution in [3.05, 3.63) is 23.3 Å². The molecule has 5 fully saturated rings. The zero-order chi connectivity index (χ0) is 34.9. The minimum absolute atomic E-state index is 0.0119. The molecule has 0 radical (unpaired) electrons. The third kappa shape index (κ3) is 5.87. The molecule has 0 amide bonds. The van der Waals surface area contributed by atoms with Gasteiger partial charge in [0.15, 0.2) is 12.1 Å². The quantitative estimate of drug-likeness (QED) is 0.110. The lowest BCUT2D eigenvalue weighted by molar-refractivity contribution is -0.408. The molecule has 5 N–H and O–H groups in total. The Morgan fingerprint density at radius 1 is 0.830 bits per heavy atom. The van der Waals surface area contributed by atoms with Crippen LogP contribution in [0.2, 0.25) is 0 Å². The van der Waals surface area contributed by atoms with Crippen LogP contribution in [-0.4, -0.2) is 80.7 Å². The molecule has 1 saturated heterocycles. The Kier molecular flexibility index (Phi) is 10.0. The van der Waals surface area contributed by atoms with Crippen LogP contribution in [0.25, 0.3) is 0 Å². The molecule has 0 unspecified atom stereocenters. The van der Waals surface area contributed by atoms with Crippen molar-refractivity contribution in [2.45, 2.75) is 156 Å². The summed E-state index contributed by atoms with van der Waals surface area (Å²) in [5, 5.41) is 56.3. The monoisotopic (exact) mass is 662 g/mol. The van der Waals surface area contributed by atoms with Crippen LogP contribution < -0.4 is 0 Å². The lowest BCUT2D eigenvalue weighted by Gasteiger charge is -2.71. The van der Waals surface area contributed by atoms with E-state index >= 15 is 0 Å². The summed E-state index contributed by atoms with van der Waals surface area (Å²) >= 11 is 0. The van der Waals surface area contributed by atoms with Gasteiger partial charge in [0.1, 0.15) is 31.0 Å². The van der Waals surface area contributed by atoms with E-state index in [2.05, 4.69) is 53.7 Å². The summed E-state index contributed by atoms with van der Waals surface area (Å²) in [6, 6.07) is 0. The summed E-state index contributed by atoms with van der Waals surface area (Å²) in [5.74, 6) is -1.36. The first kappa shape index (κ1) is 36.9. The Labute approximate surface area is 281 Å². The molecule has 4 saturated carbocycles. The third-order valence-electron chi connectivity index (χ3n) is 14.5.